The molecule has 0 aromatic carbocycles. The molecule has 0 aromatic heterocycles. The monoisotopic (exact) mass is 220 g/mol. The number of ether oxygens (including phenoxy) is 2. The van der Waals surface area contributed by atoms with Gasteiger partial charge >= 0.3 is 0 Å². The van der Waals surface area contributed by atoms with E-state index in [-0.39, 0.29) is 5.41 Å². The Morgan fingerprint density at radius 1 is 1.53 bits per heavy atom. The van der Waals surface area contributed by atoms with Gasteiger partial charge in [0, 0.05) is 12.5 Å². The number of hydrogen-bond acceptors (Lipinski definition) is 5. The first kappa shape index (κ1) is 12.9. The van der Waals surface area contributed by atoms with Gasteiger partial charge in [-0.25, -0.2) is 0 Å². The molecule has 0 amide bonds. The molecule has 0 radical (unpaired) electrons. The maximum absolute atomic E-state index is 9.94. The second-order valence-corrected chi connectivity index (χ2v) is 4.66. The average molecular weight is 220 g/mol. The van der Waals surface area contributed by atoms with E-state index in [2.05, 4.69) is 0 Å². The fraction of sp³-hybridized carbons (Fsp3) is 1.00. The summed E-state index contributed by atoms with van der Waals surface area (Å²) < 4.78 is 10.6. The maximum atomic E-state index is 9.94. The molecular weight excluding hydrogens is 200 g/mol. The third-order valence-corrected chi connectivity index (χ3v) is 2.89. The molecule has 1 saturated heterocycles. The summed E-state index contributed by atoms with van der Waals surface area (Å²) in [5.41, 5.74) is -0.306. The summed E-state index contributed by atoms with van der Waals surface area (Å²) in [4.78, 5) is 0. The van der Waals surface area contributed by atoms with Crippen molar-refractivity contribution in [2.75, 3.05) is 20.3 Å². The van der Waals surface area contributed by atoms with Crippen molar-refractivity contribution in [2.24, 2.45) is 5.41 Å². The Labute approximate surface area is 89.6 Å². The molecule has 1 heterocycles. The Hall–Kier alpha value is -0.200. The first-order valence-electron chi connectivity index (χ1n) is 5.05. The standard InChI is InChI=1S/C10H20O5/c1-10(2)5-15-8(6(12)4-11)7(13)9(10)14-3/h6-9,11-13H,4-5H2,1-3H3/t6-,7+,8-,9-/m1/s1. The minimum atomic E-state index is -1.08. The lowest BCUT2D eigenvalue weighted by molar-refractivity contribution is -0.227. The highest BCUT2D eigenvalue weighted by Crippen LogP contribution is 2.33. The van der Waals surface area contributed by atoms with Crippen molar-refractivity contribution < 1.29 is 24.8 Å². The molecule has 0 aromatic rings. The average Bonchev–Trinajstić information content (AvgIpc) is 2.16. The molecule has 15 heavy (non-hydrogen) atoms. The molecule has 3 N–H and O–H groups in total. The molecule has 0 aliphatic carbocycles. The minimum Gasteiger partial charge on any atom is -0.394 e. The van der Waals surface area contributed by atoms with Crippen molar-refractivity contribution in [1.29, 1.82) is 0 Å². The van der Waals surface area contributed by atoms with Crippen LogP contribution in [0.15, 0.2) is 0 Å². The van der Waals surface area contributed by atoms with Gasteiger partial charge in [-0.15, -0.1) is 0 Å². The van der Waals surface area contributed by atoms with Crippen LogP contribution >= 0.6 is 0 Å². The molecule has 5 heteroatoms. The van der Waals surface area contributed by atoms with Crippen LogP contribution in [0.25, 0.3) is 0 Å². The van der Waals surface area contributed by atoms with Crippen molar-refractivity contribution in [3.05, 3.63) is 0 Å². The van der Waals surface area contributed by atoms with Crippen LogP contribution in [0.1, 0.15) is 13.8 Å². The summed E-state index contributed by atoms with van der Waals surface area (Å²) in [6.07, 6.45) is -3.19. The highest BCUT2D eigenvalue weighted by molar-refractivity contribution is 4.95. The van der Waals surface area contributed by atoms with Gasteiger partial charge in [0.1, 0.15) is 18.3 Å². The Balaban J connectivity index is 2.76. The van der Waals surface area contributed by atoms with E-state index in [1.807, 2.05) is 13.8 Å². The Bertz CT molecular complexity index is 206. The third-order valence-electron chi connectivity index (χ3n) is 2.89. The summed E-state index contributed by atoms with van der Waals surface area (Å²) in [5.74, 6) is 0. The molecule has 1 aliphatic heterocycles. The number of hydrogen-bond donors (Lipinski definition) is 3. The van der Waals surface area contributed by atoms with Crippen LogP contribution in [0, 0.1) is 5.41 Å². The Morgan fingerprint density at radius 3 is 2.60 bits per heavy atom. The molecule has 4 atom stereocenters. The van der Waals surface area contributed by atoms with Crippen LogP contribution in [-0.2, 0) is 9.47 Å². The number of aliphatic hydroxyl groups excluding tert-OH is 3. The van der Waals surface area contributed by atoms with E-state index < -0.39 is 31.0 Å². The van der Waals surface area contributed by atoms with E-state index in [1.54, 1.807) is 0 Å². The summed E-state index contributed by atoms with van der Waals surface area (Å²) in [6.45, 7) is 3.79. The molecule has 5 nitrogen and oxygen atoms in total. The van der Waals surface area contributed by atoms with E-state index in [0.29, 0.717) is 6.61 Å². The van der Waals surface area contributed by atoms with Gasteiger partial charge in [0.2, 0.25) is 0 Å². The summed E-state index contributed by atoms with van der Waals surface area (Å²) >= 11 is 0. The summed E-state index contributed by atoms with van der Waals surface area (Å²) in [5, 5.41) is 28.2. The van der Waals surface area contributed by atoms with Gasteiger partial charge < -0.3 is 24.8 Å². The molecule has 1 aliphatic rings. The second kappa shape index (κ2) is 4.76. The van der Waals surface area contributed by atoms with E-state index in [0.717, 1.165) is 0 Å². The van der Waals surface area contributed by atoms with Gasteiger partial charge in [0.15, 0.2) is 0 Å². The van der Waals surface area contributed by atoms with Crippen LogP contribution in [-0.4, -0.2) is 60.1 Å². The van der Waals surface area contributed by atoms with Gasteiger partial charge in [0.05, 0.1) is 19.3 Å². The van der Waals surface area contributed by atoms with Gasteiger partial charge in [-0.1, -0.05) is 13.8 Å². The summed E-state index contributed by atoms with van der Waals surface area (Å²) in [7, 11) is 1.52. The Morgan fingerprint density at radius 2 is 2.13 bits per heavy atom. The fourth-order valence-electron chi connectivity index (χ4n) is 2.03. The van der Waals surface area contributed by atoms with Crippen molar-refractivity contribution in [1.82, 2.24) is 0 Å². The van der Waals surface area contributed by atoms with Gasteiger partial charge in [-0.3, -0.25) is 0 Å². The van der Waals surface area contributed by atoms with Crippen LogP contribution in [0.5, 0.6) is 0 Å². The number of aliphatic hydroxyl groups is 3. The van der Waals surface area contributed by atoms with Crippen LogP contribution in [0.2, 0.25) is 0 Å². The zero-order chi connectivity index (χ0) is 11.6. The molecule has 0 bridgehead atoms. The van der Waals surface area contributed by atoms with Crippen molar-refractivity contribution in [2.45, 2.75) is 38.3 Å². The highest BCUT2D eigenvalue weighted by atomic mass is 16.5. The first-order valence-corrected chi connectivity index (χ1v) is 5.05. The Kier molecular flexibility index (Phi) is 4.08. The van der Waals surface area contributed by atoms with Gasteiger partial charge in [-0.05, 0) is 0 Å². The smallest absolute Gasteiger partial charge is 0.114 e. The predicted octanol–water partition coefficient (Wildman–Crippen LogP) is -0.860. The van der Waals surface area contributed by atoms with Gasteiger partial charge in [0.25, 0.3) is 0 Å². The lowest BCUT2D eigenvalue weighted by Crippen LogP contribution is -2.59. The van der Waals surface area contributed by atoms with E-state index >= 15 is 0 Å². The zero-order valence-electron chi connectivity index (χ0n) is 9.38. The third kappa shape index (κ3) is 2.49. The first-order chi connectivity index (χ1) is 6.94. The topological polar surface area (TPSA) is 79.2 Å². The zero-order valence-corrected chi connectivity index (χ0v) is 9.38. The lowest BCUT2D eigenvalue weighted by Gasteiger charge is -2.45. The predicted molar refractivity (Wildman–Crippen MR) is 53.4 cm³/mol. The maximum Gasteiger partial charge on any atom is 0.114 e. The van der Waals surface area contributed by atoms with Crippen molar-refractivity contribution in [3.8, 4) is 0 Å². The largest absolute Gasteiger partial charge is 0.394 e. The molecule has 1 rings (SSSR count). The quantitative estimate of drug-likeness (QED) is 0.577. The number of methoxy groups -OCH3 is 1. The molecule has 0 spiro atoms. The van der Waals surface area contributed by atoms with Crippen molar-refractivity contribution in [3.63, 3.8) is 0 Å². The van der Waals surface area contributed by atoms with Crippen LogP contribution < -0.4 is 0 Å². The van der Waals surface area contributed by atoms with E-state index in [1.165, 1.54) is 7.11 Å². The van der Waals surface area contributed by atoms with Crippen molar-refractivity contribution >= 4 is 0 Å². The van der Waals surface area contributed by atoms with Crippen LogP contribution in [0.3, 0.4) is 0 Å². The molecule has 0 saturated carbocycles. The molecular formula is C10H20O5. The second-order valence-electron chi connectivity index (χ2n) is 4.66. The molecule has 90 valence electrons. The SMILES string of the molecule is CO[C@@H]1[C@@H](O)[C@@H]([C@H](O)CO)OCC1(C)C. The minimum absolute atomic E-state index is 0.306. The summed E-state index contributed by atoms with van der Waals surface area (Å²) in [6, 6.07) is 0. The van der Waals surface area contributed by atoms with E-state index in [9.17, 15) is 10.2 Å². The molecule has 0 unspecified atom stereocenters. The lowest BCUT2D eigenvalue weighted by atomic mass is 9.79. The molecule has 1 fully saturated rings. The van der Waals surface area contributed by atoms with Crippen LogP contribution in [0.4, 0.5) is 0 Å². The van der Waals surface area contributed by atoms with E-state index in [4.69, 9.17) is 14.6 Å². The number of rotatable bonds is 3. The van der Waals surface area contributed by atoms with Gasteiger partial charge in [-0.2, -0.15) is 0 Å². The highest BCUT2D eigenvalue weighted by Gasteiger charge is 2.46. The normalized spacial score (nSPS) is 37.6. The fourth-order valence-corrected chi connectivity index (χ4v) is 2.03.